The molecule has 0 saturated heterocycles. The maximum absolute atomic E-state index is 12.0. The summed E-state index contributed by atoms with van der Waals surface area (Å²) in [5.74, 6) is 0.421. The summed E-state index contributed by atoms with van der Waals surface area (Å²) < 4.78 is 6.75. The average molecular weight is 405 g/mol. The lowest BCUT2D eigenvalue weighted by molar-refractivity contribution is -0.111. The van der Waals surface area contributed by atoms with Crippen molar-refractivity contribution in [3.63, 3.8) is 0 Å². The van der Waals surface area contributed by atoms with E-state index in [0.717, 1.165) is 11.3 Å². The molecular formula is C17H10Cl2N4O2S. The lowest BCUT2D eigenvalue weighted by Crippen LogP contribution is -2.09. The molecule has 26 heavy (non-hydrogen) atoms. The van der Waals surface area contributed by atoms with Gasteiger partial charge in [-0.2, -0.15) is 4.98 Å². The van der Waals surface area contributed by atoms with Crippen LogP contribution in [0.4, 0.5) is 5.95 Å². The molecule has 1 N–H and O–H groups in total. The van der Waals surface area contributed by atoms with E-state index < -0.39 is 0 Å². The number of furan rings is 1. The van der Waals surface area contributed by atoms with E-state index in [-0.39, 0.29) is 11.9 Å². The standard InChI is InChI=1S/C17H10Cl2N4O2S/c18-10-3-5-13(19)12(8-10)14-9-26-17-21-16(22-23(14)17)20-15(24)6-4-11-2-1-7-25-11/h1-9H,(H,20,22,24)/b6-4+. The molecule has 0 radical (unpaired) electrons. The third-order valence-corrected chi connectivity index (χ3v) is 4.84. The fourth-order valence-corrected chi connectivity index (χ4v) is 3.52. The molecular weight excluding hydrogens is 395 g/mol. The van der Waals surface area contributed by atoms with Gasteiger partial charge in [-0.05, 0) is 36.4 Å². The molecule has 1 aromatic carbocycles. The molecule has 6 nitrogen and oxygen atoms in total. The van der Waals surface area contributed by atoms with Crippen LogP contribution >= 0.6 is 34.5 Å². The van der Waals surface area contributed by atoms with E-state index in [0.29, 0.717) is 20.8 Å². The van der Waals surface area contributed by atoms with Gasteiger partial charge in [-0.3, -0.25) is 10.1 Å². The fraction of sp³-hybridized carbons (Fsp3) is 0. The number of fused-ring (bicyclic) bond motifs is 1. The molecule has 0 unspecified atom stereocenters. The van der Waals surface area contributed by atoms with Gasteiger partial charge in [0.2, 0.25) is 4.96 Å². The van der Waals surface area contributed by atoms with Crippen LogP contribution < -0.4 is 5.32 Å². The number of aromatic nitrogens is 3. The molecule has 4 aromatic rings. The largest absolute Gasteiger partial charge is 0.465 e. The van der Waals surface area contributed by atoms with E-state index >= 15 is 0 Å². The molecule has 0 saturated carbocycles. The van der Waals surface area contributed by atoms with Gasteiger partial charge in [0.05, 0.1) is 17.0 Å². The van der Waals surface area contributed by atoms with Crippen LogP contribution in [0.15, 0.2) is 52.5 Å². The van der Waals surface area contributed by atoms with E-state index in [9.17, 15) is 4.79 Å². The summed E-state index contributed by atoms with van der Waals surface area (Å²) in [7, 11) is 0. The van der Waals surface area contributed by atoms with Gasteiger partial charge in [-0.1, -0.05) is 23.2 Å². The molecule has 4 rings (SSSR count). The molecule has 9 heteroatoms. The number of amides is 1. The highest BCUT2D eigenvalue weighted by Crippen LogP contribution is 2.33. The van der Waals surface area contributed by atoms with Crippen LogP contribution in [0.1, 0.15) is 5.76 Å². The van der Waals surface area contributed by atoms with Crippen LogP contribution in [0, 0.1) is 0 Å². The van der Waals surface area contributed by atoms with E-state index in [2.05, 4.69) is 15.4 Å². The number of nitrogens with one attached hydrogen (secondary N) is 1. The summed E-state index contributed by atoms with van der Waals surface area (Å²) in [6.07, 6.45) is 4.44. The minimum Gasteiger partial charge on any atom is -0.465 e. The summed E-state index contributed by atoms with van der Waals surface area (Å²) in [6.45, 7) is 0. The number of anilines is 1. The maximum Gasteiger partial charge on any atom is 0.250 e. The normalized spacial score (nSPS) is 11.5. The first-order chi connectivity index (χ1) is 12.6. The first-order valence-electron chi connectivity index (χ1n) is 7.42. The van der Waals surface area contributed by atoms with Crippen molar-refractivity contribution in [1.29, 1.82) is 0 Å². The molecule has 1 amide bonds. The van der Waals surface area contributed by atoms with Crippen molar-refractivity contribution in [3.8, 4) is 11.3 Å². The molecule has 0 atom stereocenters. The summed E-state index contributed by atoms with van der Waals surface area (Å²) >= 11 is 13.7. The summed E-state index contributed by atoms with van der Waals surface area (Å²) in [6, 6.07) is 8.69. The van der Waals surface area contributed by atoms with Crippen molar-refractivity contribution in [2.75, 3.05) is 5.32 Å². The average Bonchev–Trinajstić information content (AvgIpc) is 3.32. The van der Waals surface area contributed by atoms with Gasteiger partial charge in [0, 0.05) is 22.0 Å². The number of halogens is 2. The number of benzene rings is 1. The number of carbonyl (C=O) groups excluding carboxylic acids is 1. The number of thiazole rings is 1. The zero-order chi connectivity index (χ0) is 18.1. The number of hydrogen-bond donors (Lipinski definition) is 1. The Morgan fingerprint density at radius 1 is 1.31 bits per heavy atom. The van der Waals surface area contributed by atoms with Gasteiger partial charge >= 0.3 is 0 Å². The first-order valence-corrected chi connectivity index (χ1v) is 9.06. The predicted octanol–water partition coefficient (Wildman–Crippen LogP) is 5.01. The molecule has 0 aliphatic heterocycles. The summed E-state index contributed by atoms with van der Waals surface area (Å²) in [5.41, 5.74) is 1.49. The molecule has 3 aromatic heterocycles. The number of hydrogen-bond acceptors (Lipinski definition) is 5. The van der Waals surface area contributed by atoms with Gasteiger partial charge < -0.3 is 4.42 Å². The van der Waals surface area contributed by atoms with Crippen molar-refractivity contribution >= 4 is 57.4 Å². The quantitative estimate of drug-likeness (QED) is 0.485. The second kappa shape index (κ2) is 6.95. The van der Waals surface area contributed by atoms with Gasteiger partial charge in [0.15, 0.2) is 0 Å². The Labute approximate surface area is 161 Å². The minimum atomic E-state index is -0.359. The second-order valence-electron chi connectivity index (χ2n) is 5.21. The number of nitrogens with zero attached hydrogens (tertiary/aromatic N) is 3. The Hall–Kier alpha value is -2.61. The van der Waals surface area contributed by atoms with E-state index in [1.54, 1.807) is 40.9 Å². The van der Waals surface area contributed by atoms with Crippen LogP contribution in [0.2, 0.25) is 10.0 Å². The Morgan fingerprint density at radius 2 is 2.19 bits per heavy atom. The van der Waals surface area contributed by atoms with Crippen molar-refractivity contribution in [3.05, 3.63) is 63.9 Å². The zero-order valence-corrected chi connectivity index (χ0v) is 15.3. The van der Waals surface area contributed by atoms with Crippen molar-refractivity contribution < 1.29 is 9.21 Å². The van der Waals surface area contributed by atoms with E-state index in [1.165, 1.54) is 23.7 Å². The van der Waals surface area contributed by atoms with E-state index in [1.807, 2.05) is 5.38 Å². The lowest BCUT2D eigenvalue weighted by Gasteiger charge is -2.02. The maximum atomic E-state index is 12.0. The monoisotopic (exact) mass is 404 g/mol. The summed E-state index contributed by atoms with van der Waals surface area (Å²) in [5, 5.41) is 9.96. The zero-order valence-electron chi connectivity index (χ0n) is 13.0. The molecule has 0 aliphatic rings. The third-order valence-electron chi connectivity index (χ3n) is 3.46. The predicted molar refractivity (Wildman–Crippen MR) is 103 cm³/mol. The molecule has 0 spiro atoms. The van der Waals surface area contributed by atoms with Crippen LogP contribution in [0.25, 0.3) is 22.3 Å². The molecule has 0 fully saturated rings. The van der Waals surface area contributed by atoms with E-state index in [4.69, 9.17) is 27.6 Å². The van der Waals surface area contributed by atoms with Crippen LogP contribution in [-0.4, -0.2) is 20.5 Å². The molecule has 0 bridgehead atoms. The van der Waals surface area contributed by atoms with Crippen molar-refractivity contribution in [2.24, 2.45) is 0 Å². The molecule has 3 heterocycles. The SMILES string of the molecule is O=C(/C=C/c1ccco1)Nc1nc2scc(-c3cc(Cl)ccc3Cl)n2n1. The molecule has 0 aliphatic carbocycles. The Kier molecular flexibility index (Phi) is 4.50. The first kappa shape index (κ1) is 16.8. The Morgan fingerprint density at radius 3 is 3.00 bits per heavy atom. The van der Waals surface area contributed by atoms with Crippen molar-refractivity contribution in [2.45, 2.75) is 0 Å². The van der Waals surface area contributed by atoms with Crippen molar-refractivity contribution in [1.82, 2.24) is 14.6 Å². The third kappa shape index (κ3) is 3.37. The lowest BCUT2D eigenvalue weighted by atomic mass is 10.2. The number of carbonyl (C=O) groups is 1. The number of rotatable bonds is 4. The Balaban J connectivity index is 1.60. The second-order valence-corrected chi connectivity index (χ2v) is 6.89. The molecule has 130 valence electrons. The highest BCUT2D eigenvalue weighted by atomic mass is 35.5. The minimum absolute atomic E-state index is 0.199. The topological polar surface area (TPSA) is 72.4 Å². The van der Waals surface area contributed by atoms with Gasteiger partial charge in [0.25, 0.3) is 11.9 Å². The highest BCUT2D eigenvalue weighted by molar-refractivity contribution is 7.15. The Bertz CT molecular complexity index is 1120. The smallest absolute Gasteiger partial charge is 0.250 e. The van der Waals surface area contributed by atoms with Crippen LogP contribution in [0.3, 0.4) is 0 Å². The van der Waals surface area contributed by atoms with Gasteiger partial charge in [0.1, 0.15) is 5.76 Å². The van der Waals surface area contributed by atoms with Gasteiger partial charge in [-0.25, -0.2) is 4.52 Å². The summed E-state index contributed by atoms with van der Waals surface area (Å²) in [4.78, 5) is 16.9. The van der Waals surface area contributed by atoms with Crippen LogP contribution in [0.5, 0.6) is 0 Å². The van der Waals surface area contributed by atoms with Gasteiger partial charge in [-0.15, -0.1) is 16.4 Å². The van der Waals surface area contributed by atoms with Crippen LogP contribution in [-0.2, 0) is 4.79 Å². The highest BCUT2D eigenvalue weighted by Gasteiger charge is 2.15. The fourth-order valence-electron chi connectivity index (χ4n) is 2.31.